The maximum absolute atomic E-state index is 13.9. The first-order valence-electron chi connectivity index (χ1n) is 6.65. The smallest absolute Gasteiger partial charge is 0.128 e. The van der Waals surface area contributed by atoms with E-state index in [9.17, 15) is 4.39 Å². The minimum absolute atomic E-state index is 0.0986. The van der Waals surface area contributed by atoms with Crippen LogP contribution in [-0.2, 0) is 0 Å². The lowest BCUT2D eigenvalue weighted by atomic mass is 10.0. The van der Waals surface area contributed by atoms with Crippen LogP contribution in [0.25, 0.3) is 0 Å². The summed E-state index contributed by atoms with van der Waals surface area (Å²) in [5.41, 5.74) is 1.92. The van der Waals surface area contributed by atoms with Crippen LogP contribution < -0.4 is 5.32 Å². The highest BCUT2D eigenvalue weighted by atomic mass is 32.2. The molecule has 1 unspecified atom stereocenters. The van der Waals surface area contributed by atoms with Gasteiger partial charge in [0.25, 0.3) is 0 Å². The SMILES string of the molecule is CCCNC(CSC(C)C)c1cc(C)ccc1F. The summed E-state index contributed by atoms with van der Waals surface area (Å²) in [6.45, 7) is 9.42. The lowest BCUT2D eigenvalue weighted by molar-refractivity contribution is 0.531. The molecule has 0 spiro atoms. The van der Waals surface area contributed by atoms with E-state index in [0.717, 1.165) is 29.8 Å². The first-order valence-corrected chi connectivity index (χ1v) is 7.70. The van der Waals surface area contributed by atoms with E-state index in [-0.39, 0.29) is 11.9 Å². The van der Waals surface area contributed by atoms with Crippen molar-refractivity contribution < 1.29 is 4.39 Å². The average molecular weight is 269 g/mol. The largest absolute Gasteiger partial charge is 0.309 e. The number of benzene rings is 1. The van der Waals surface area contributed by atoms with Crippen molar-refractivity contribution in [1.82, 2.24) is 5.32 Å². The van der Waals surface area contributed by atoms with Crippen molar-refractivity contribution in [3.63, 3.8) is 0 Å². The number of halogens is 1. The zero-order valence-corrected chi connectivity index (χ0v) is 12.6. The fraction of sp³-hybridized carbons (Fsp3) is 0.600. The van der Waals surface area contributed by atoms with Crippen LogP contribution in [-0.4, -0.2) is 17.5 Å². The molecule has 0 aliphatic rings. The topological polar surface area (TPSA) is 12.0 Å². The Morgan fingerprint density at radius 1 is 1.33 bits per heavy atom. The van der Waals surface area contributed by atoms with Gasteiger partial charge in [-0.1, -0.05) is 38.5 Å². The molecule has 1 atom stereocenters. The molecule has 0 saturated heterocycles. The Morgan fingerprint density at radius 2 is 2.06 bits per heavy atom. The van der Waals surface area contributed by atoms with Crippen LogP contribution in [0.2, 0.25) is 0 Å². The summed E-state index contributed by atoms with van der Waals surface area (Å²) in [6.07, 6.45) is 1.07. The summed E-state index contributed by atoms with van der Waals surface area (Å²) < 4.78 is 13.9. The lowest BCUT2D eigenvalue weighted by Gasteiger charge is -2.20. The van der Waals surface area contributed by atoms with Gasteiger partial charge >= 0.3 is 0 Å². The molecule has 1 rings (SSSR count). The highest BCUT2D eigenvalue weighted by Gasteiger charge is 2.15. The zero-order chi connectivity index (χ0) is 13.5. The van der Waals surface area contributed by atoms with Gasteiger partial charge in [-0.2, -0.15) is 11.8 Å². The van der Waals surface area contributed by atoms with E-state index in [0.29, 0.717) is 5.25 Å². The standard InChI is InChI=1S/C15H24FNS/c1-5-8-17-15(10-18-11(2)3)13-9-12(4)6-7-14(13)16/h6-7,9,11,15,17H,5,8,10H2,1-4H3. The number of thioether (sulfide) groups is 1. The molecule has 0 saturated carbocycles. The second kappa shape index (κ2) is 7.80. The number of aryl methyl sites for hydroxylation is 1. The van der Waals surface area contributed by atoms with Crippen LogP contribution in [0, 0.1) is 12.7 Å². The van der Waals surface area contributed by atoms with Crippen LogP contribution in [0.5, 0.6) is 0 Å². The third-order valence-corrected chi connectivity index (χ3v) is 3.96. The fourth-order valence-corrected chi connectivity index (χ4v) is 2.67. The highest BCUT2D eigenvalue weighted by molar-refractivity contribution is 7.99. The Kier molecular flexibility index (Phi) is 6.72. The number of hydrogen-bond donors (Lipinski definition) is 1. The summed E-state index contributed by atoms with van der Waals surface area (Å²) in [5.74, 6) is 0.816. The predicted octanol–water partition coefficient (Wildman–Crippen LogP) is 4.32. The quantitative estimate of drug-likeness (QED) is 0.791. The fourth-order valence-electron chi connectivity index (χ4n) is 1.80. The van der Waals surface area contributed by atoms with E-state index >= 15 is 0 Å². The molecule has 0 amide bonds. The van der Waals surface area contributed by atoms with Crippen molar-refractivity contribution in [3.05, 3.63) is 35.1 Å². The molecule has 18 heavy (non-hydrogen) atoms. The van der Waals surface area contributed by atoms with Gasteiger partial charge in [0, 0.05) is 17.4 Å². The molecule has 0 radical (unpaired) electrons. The van der Waals surface area contributed by atoms with Gasteiger partial charge in [0.2, 0.25) is 0 Å². The van der Waals surface area contributed by atoms with Gasteiger partial charge in [0.05, 0.1) is 0 Å². The summed E-state index contributed by atoms with van der Waals surface area (Å²) >= 11 is 1.87. The van der Waals surface area contributed by atoms with Crippen LogP contribution in [0.15, 0.2) is 18.2 Å². The molecule has 0 heterocycles. The molecular formula is C15H24FNS. The summed E-state index contributed by atoms with van der Waals surface area (Å²) in [7, 11) is 0. The molecule has 0 aliphatic heterocycles. The normalized spacial score (nSPS) is 13.0. The molecule has 1 nitrogen and oxygen atoms in total. The Balaban J connectivity index is 2.82. The zero-order valence-electron chi connectivity index (χ0n) is 11.8. The van der Waals surface area contributed by atoms with E-state index in [1.54, 1.807) is 6.07 Å². The van der Waals surface area contributed by atoms with Crippen LogP contribution in [0.3, 0.4) is 0 Å². The molecular weight excluding hydrogens is 245 g/mol. The second-order valence-corrected chi connectivity index (χ2v) is 6.52. The van der Waals surface area contributed by atoms with Gasteiger partial charge in [-0.3, -0.25) is 0 Å². The van der Waals surface area contributed by atoms with Gasteiger partial charge in [-0.25, -0.2) is 4.39 Å². The van der Waals surface area contributed by atoms with Crippen molar-refractivity contribution >= 4 is 11.8 Å². The Hall–Kier alpha value is -0.540. The maximum Gasteiger partial charge on any atom is 0.128 e. The van der Waals surface area contributed by atoms with Crippen LogP contribution in [0.1, 0.15) is 44.4 Å². The molecule has 1 N–H and O–H groups in total. The summed E-state index contributed by atoms with van der Waals surface area (Å²) in [5, 5.41) is 4.02. The molecule has 1 aromatic carbocycles. The van der Waals surface area contributed by atoms with Gasteiger partial charge in [-0.05, 0) is 31.2 Å². The third kappa shape index (κ3) is 4.99. The van der Waals surface area contributed by atoms with Crippen LogP contribution >= 0.6 is 11.8 Å². The van der Waals surface area contributed by atoms with Crippen molar-refractivity contribution in [2.24, 2.45) is 0 Å². The van der Waals surface area contributed by atoms with Gasteiger partial charge in [0.15, 0.2) is 0 Å². The molecule has 0 aromatic heterocycles. The van der Waals surface area contributed by atoms with Gasteiger partial charge in [0.1, 0.15) is 5.82 Å². The highest BCUT2D eigenvalue weighted by Crippen LogP contribution is 2.24. The summed E-state index contributed by atoms with van der Waals surface area (Å²) in [4.78, 5) is 0. The van der Waals surface area contributed by atoms with Crippen molar-refractivity contribution in [1.29, 1.82) is 0 Å². The molecule has 0 bridgehead atoms. The Bertz CT molecular complexity index is 366. The van der Waals surface area contributed by atoms with Gasteiger partial charge < -0.3 is 5.32 Å². The first kappa shape index (κ1) is 15.5. The minimum atomic E-state index is -0.0986. The molecule has 1 aromatic rings. The number of rotatable bonds is 7. The van der Waals surface area contributed by atoms with E-state index < -0.39 is 0 Å². The molecule has 0 fully saturated rings. The van der Waals surface area contributed by atoms with E-state index in [2.05, 4.69) is 26.1 Å². The van der Waals surface area contributed by atoms with Crippen molar-refractivity contribution in [2.75, 3.05) is 12.3 Å². The predicted molar refractivity (Wildman–Crippen MR) is 79.8 cm³/mol. The summed E-state index contributed by atoms with van der Waals surface area (Å²) in [6, 6.07) is 5.47. The monoisotopic (exact) mass is 269 g/mol. The number of hydrogen-bond acceptors (Lipinski definition) is 2. The Labute approximate surface area is 115 Å². The van der Waals surface area contributed by atoms with E-state index in [4.69, 9.17) is 0 Å². The molecule has 102 valence electrons. The van der Waals surface area contributed by atoms with Crippen molar-refractivity contribution in [3.8, 4) is 0 Å². The van der Waals surface area contributed by atoms with Gasteiger partial charge in [-0.15, -0.1) is 0 Å². The average Bonchev–Trinajstić information content (AvgIpc) is 2.32. The van der Waals surface area contributed by atoms with Crippen LogP contribution in [0.4, 0.5) is 4.39 Å². The molecule has 3 heteroatoms. The first-order chi connectivity index (χ1) is 8.54. The number of nitrogens with one attached hydrogen (secondary N) is 1. The van der Waals surface area contributed by atoms with Crippen molar-refractivity contribution in [2.45, 2.75) is 45.4 Å². The third-order valence-electron chi connectivity index (χ3n) is 2.76. The van der Waals surface area contributed by atoms with E-state index in [1.807, 2.05) is 30.8 Å². The maximum atomic E-state index is 13.9. The Morgan fingerprint density at radius 3 is 2.67 bits per heavy atom. The second-order valence-electron chi connectivity index (χ2n) is 4.91. The lowest BCUT2D eigenvalue weighted by Crippen LogP contribution is -2.25. The molecule has 0 aliphatic carbocycles. The minimum Gasteiger partial charge on any atom is -0.309 e. The van der Waals surface area contributed by atoms with E-state index in [1.165, 1.54) is 0 Å².